The Labute approximate surface area is 95.5 Å². The minimum atomic E-state index is -1.46. The smallest absolute Gasteiger partial charge is 0.172 e. The van der Waals surface area contributed by atoms with Gasteiger partial charge in [-0.25, -0.2) is 13.2 Å². The van der Waals surface area contributed by atoms with Crippen LogP contribution in [0, 0.1) is 17.5 Å². The number of carbonyl (C=O) groups is 1. The van der Waals surface area contributed by atoms with Gasteiger partial charge in [0.25, 0.3) is 0 Å². The number of aldehydes is 1. The Morgan fingerprint density at radius 1 is 0.941 bits per heavy atom. The van der Waals surface area contributed by atoms with Crippen LogP contribution in [0.5, 0.6) is 0 Å². The van der Waals surface area contributed by atoms with Crippen LogP contribution in [0.15, 0.2) is 36.4 Å². The summed E-state index contributed by atoms with van der Waals surface area (Å²) in [5, 5.41) is 0. The summed E-state index contributed by atoms with van der Waals surface area (Å²) in [4.78, 5) is 10.4. The van der Waals surface area contributed by atoms with Crippen molar-refractivity contribution in [3.63, 3.8) is 0 Å². The number of benzene rings is 2. The third-order valence-electron chi connectivity index (χ3n) is 2.40. The van der Waals surface area contributed by atoms with Gasteiger partial charge in [-0.3, -0.25) is 4.79 Å². The van der Waals surface area contributed by atoms with Crippen LogP contribution in [0.3, 0.4) is 0 Å². The molecule has 0 aliphatic carbocycles. The molecule has 2 aromatic rings. The van der Waals surface area contributed by atoms with Crippen molar-refractivity contribution in [1.82, 2.24) is 0 Å². The van der Waals surface area contributed by atoms with Gasteiger partial charge in [-0.15, -0.1) is 0 Å². The predicted octanol–water partition coefficient (Wildman–Crippen LogP) is 3.58. The van der Waals surface area contributed by atoms with Crippen LogP contribution in [-0.2, 0) is 0 Å². The van der Waals surface area contributed by atoms with Gasteiger partial charge in [-0.2, -0.15) is 0 Å². The lowest BCUT2D eigenvalue weighted by atomic mass is 10.0. The molecule has 2 aromatic carbocycles. The van der Waals surface area contributed by atoms with E-state index in [-0.39, 0.29) is 11.8 Å². The topological polar surface area (TPSA) is 17.1 Å². The van der Waals surface area contributed by atoms with Crippen LogP contribution >= 0.6 is 0 Å². The fraction of sp³-hybridized carbons (Fsp3) is 0. The minimum absolute atomic E-state index is 0.0392. The molecule has 0 amide bonds. The van der Waals surface area contributed by atoms with Crippen molar-refractivity contribution in [1.29, 1.82) is 0 Å². The normalized spacial score (nSPS) is 10.3. The second-order valence-electron chi connectivity index (χ2n) is 3.43. The summed E-state index contributed by atoms with van der Waals surface area (Å²) >= 11 is 0. The van der Waals surface area contributed by atoms with Gasteiger partial charge >= 0.3 is 0 Å². The van der Waals surface area contributed by atoms with E-state index >= 15 is 0 Å². The zero-order chi connectivity index (χ0) is 12.4. The second kappa shape index (κ2) is 4.41. The second-order valence-corrected chi connectivity index (χ2v) is 3.43. The molecule has 0 saturated carbocycles. The summed E-state index contributed by atoms with van der Waals surface area (Å²) in [5.74, 6) is -3.75. The van der Waals surface area contributed by atoms with Crippen molar-refractivity contribution in [2.24, 2.45) is 0 Å². The van der Waals surface area contributed by atoms with E-state index in [0.717, 1.165) is 6.07 Å². The summed E-state index contributed by atoms with van der Waals surface area (Å²) in [7, 11) is 0. The Balaban J connectivity index is 2.69. The van der Waals surface area contributed by atoms with E-state index in [4.69, 9.17) is 0 Å². The molecule has 0 N–H and O–H groups in total. The van der Waals surface area contributed by atoms with Gasteiger partial charge < -0.3 is 0 Å². The Kier molecular flexibility index (Phi) is 2.95. The van der Waals surface area contributed by atoms with E-state index in [1.807, 2.05) is 0 Å². The first-order chi connectivity index (χ1) is 8.15. The van der Waals surface area contributed by atoms with Gasteiger partial charge in [0.05, 0.1) is 5.56 Å². The summed E-state index contributed by atoms with van der Waals surface area (Å²) < 4.78 is 40.3. The largest absolute Gasteiger partial charge is 0.298 e. The first-order valence-corrected chi connectivity index (χ1v) is 4.83. The molecule has 0 saturated heterocycles. The van der Waals surface area contributed by atoms with E-state index in [1.54, 1.807) is 18.2 Å². The van der Waals surface area contributed by atoms with Crippen molar-refractivity contribution < 1.29 is 18.0 Å². The Morgan fingerprint density at radius 2 is 1.59 bits per heavy atom. The maximum Gasteiger partial charge on any atom is 0.172 e. The highest BCUT2D eigenvalue weighted by atomic mass is 19.2. The standard InChI is InChI=1S/C13H7F3O/c14-11-6-9(8-4-2-1-3-5-8)12(15)13(16)10(11)7-17/h1-7H. The van der Waals surface area contributed by atoms with Gasteiger partial charge in [0.2, 0.25) is 0 Å². The highest BCUT2D eigenvalue weighted by Gasteiger charge is 2.18. The van der Waals surface area contributed by atoms with Crippen LogP contribution in [-0.4, -0.2) is 6.29 Å². The molecule has 0 aromatic heterocycles. The molecule has 0 fully saturated rings. The van der Waals surface area contributed by atoms with Gasteiger partial charge in [0.1, 0.15) is 5.82 Å². The SMILES string of the molecule is O=Cc1c(F)cc(-c2ccccc2)c(F)c1F. The van der Waals surface area contributed by atoms with Crippen molar-refractivity contribution >= 4 is 6.29 Å². The molecule has 0 radical (unpaired) electrons. The van der Waals surface area contributed by atoms with Crippen molar-refractivity contribution in [2.45, 2.75) is 0 Å². The van der Waals surface area contributed by atoms with Crippen LogP contribution in [0.2, 0.25) is 0 Å². The molecule has 4 heteroatoms. The molecule has 86 valence electrons. The number of rotatable bonds is 2. The zero-order valence-corrected chi connectivity index (χ0v) is 8.58. The molecule has 1 nitrogen and oxygen atoms in total. The highest BCUT2D eigenvalue weighted by Crippen LogP contribution is 2.27. The molecular weight excluding hydrogens is 229 g/mol. The number of hydrogen-bond donors (Lipinski definition) is 0. The summed E-state index contributed by atoms with van der Waals surface area (Å²) in [6.45, 7) is 0. The average Bonchev–Trinajstić information content (AvgIpc) is 2.35. The fourth-order valence-corrected chi connectivity index (χ4v) is 1.54. The van der Waals surface area contributed by atoms with Crippen molar-refractivity contribution in [3.8, 4) is 11.1 Å². The van der Waals surface area contributed by atoms with E-state index in [2.05, 4.69) is 0 Å². The fourth-order valence-electron chi connectivity index (χ4n) is 1.54. The van der Waals surface area contributed by atoms with E-state index < -0.39 is 23.0 Å². The molecule has 2 rings (SSSR count). The molecule has 17 heavy (non-hydrogen) atoms. The predicted molar refractivity (Wildman–Crippen MR) is 57.1 cm³/mol. The summed E-state index contributed by atoms with van der Waals surface area (Å²) in [6, 6.07) is 8.82. The van der Waals surface area contributed by atoms with Gasteiger partial charge in [0, 0.05) is 5.56 Å². The lowest BCUT2D eigenvalue weighted by Gasteiger charge is -2.06. The van der Waals surface area contributed by atoms with Crippen LogP contribution in [0.25, 0.3) is 11.1 Å². The third kappa shape index (κ3) is 1.93. The van der Waals surface area contributed by atoms with Crippen molar-refractivity contribution in [2.75, 3.05) is 0 Å². The highest BCUT2D eigenvalue weighted by molar-refractivity contribution is 5.78. The first-order valence-electron chi connectivity index (χ1n) is 4.83. The molecule has 0 unspecified atom stereocenters. The lowest BCUT2D eigenvalue weighted by molar-refractivity contribution is 0.111. The molecular formula is C13H7F3O. The minimum Gasteiger partial charge on any atom is -0.298 e. The molecule has 0 atom stereocenters. The average molecular weight is 236 g/mol. The zero-order valence-electron chi connectivity index (χ0n) is 8.58. The van der Waals surface area contributed by atoms with Crippen molar-refractivity contribution in [3.05, 3.63) is 59.4 Å². The van der Waals surface area contributed by atoms with Crippen LogP contribution < -0.4 is 0 Å². The molecule has 0 heterocycles. The van der Waals surface area contributed by atoms with E-state index in [0.29, 0.717) is 5.56 Å². The monoisotopic (exact) mass is 236 g/mol. The van der Waals surface area contributed by atoms with E-state index in [1.165, 1.54) is 12.1 Å². The van der Waals surface area contributed by atoms with E-state index in [9.17, 15) is 18.0 Å². The Hall–Kier alpha value is -2.10. The molecule has 0 aliphatic rings. The maximum atomic E-state index is 13.6. The Bertz CT molecular complexity index is 565. The Morgan fingerprint density at radius 3 is 2.18 bits per heavy atom. The van der Waals surface area contributed by atoms with Crippen LogP contribution in [0.4, 0.5) is 13.2 Å². The van der Waals surface area contributed by atoms with Gasteiger partial charge in [-0.05, 0) is 11.6 Å². The van der Waals surface area contributed by atoms with Gasteiger partial charge in [0.15, 0.2) is 17.9 Å². The summed E-state index contributed by atoms with van der Waals surface area (Å²) in [5.41, 5.74) is -0.742. The number of hydrogen-bond acceptors (Lipinski definition) is 1. The quantitative estimate of drug-likeness (QED) is 0.575. The van der Waals surface area contributed by atoms with Gasteiger partial charge in [-0.1, -0.05) is 30.3 Å². The number of halogens is 3. The lowest BCUT2D eigenvalue weighted by Crippen LogP contribution is -2.00. The molecule has 0 aliphatic heterocycles. The summed E-state index contributed by atoms with van der Waals surface area (Å²) in [6.07, 6.45) is -0.0392. The van der Waals surface area contributed by atoms with Crippen LogP contribution in [0.1, 0.15) is 10.4 Å². The molecule has 0 spiro atoms. The maximum absolute atomic E-state index is 13.6. The number of carbonyl (C=O) groups excluding carboxylic acids is 1. The first kappa shape index (κ1) is 11.4. The molecule has 0 bridgehead atoms. The third-order valence-corrected chi connectivity index (χ3v) is 2.40.